The van der Waals surface area contributed by atoms with Crippen LogP contribution >= 0.6 is 0 Å². The van der Waals surface area contributed by atoms with E-state index in [-0.39, 0.29) is 11.8 Å². The van der Waals surface area contributed by atoms with Crippen molar-refractivity contribution in [2.24, 2.45) is 0 Å². The van der Waals surface area contributed by atoms with Crippen LogP contribution in [0.3, 0.4) is 0 Å². The Morgan fingerprint density at radius 3 is 2.82 bits per heavy atom. The van der Waals surface area contributed by atoms with Crippen molar-refractivity contribution < 1.29 is 14.3 Å². The quantitative estimate of drug-likeness (QED) is 0.813. The highest BCUT2D eigenvalue weighted by atomic mass is 16.5. The average molecular weight is 304 g/mol. The van der Waals surface area contributed by atoms with Crippen molar-refractivity contribution in [1.29, 1.82) is 0 Å². The predicted molar refractivity (Wildman–Crippen MR) is 84.3 cm³/mol. The number of amides is 2. The lowest BCUT2D eigenvalue weighted by Gasteiger charge is -2.34. The van der Waals surface area contributed by atoms with Crippen LogP contribution in [0.4, 0.5) is 0 Å². The molecule has 5 heteroatoms. The first-order valence-electron chi connectivity index (χ1n) is 7.61. The van der Waals surface area contributed by atoms with E-state index in [1.54, 1.807) is 12.0 Å². The molecule has 5 nitrogen and oxygen atoms in total. The molecule has 0 spiro atoms. The largest absolute Gasteiger partial charge is 0.383 e. The van der Waals surface area contributed by atoms with E-state index in [0.29, 0.717) is 32.5 Å². The minimum atomic E-state index is -0.785. The van der Waals surface area contributed by atoms with Crippen LogP contribution < -0.4 is 5.32 Å². The molecule has 1 fully saturated rings. The van der Waals surface area contributed by atoms with Crippen LogP contribution in [0.15, 0.2) is 24.3 Å². The van der Waals surface area contributed by atoms with Gasteiger partial charge in [0.15, 0.2) is 0 Å². The Balaban J connectivity index is 2.14. The molecule has 1 aromatic rings. The smallest absolute Gasteiger partial charge is 0.245 e. The fourth-order valence-corrected chi connectivity index (χ4v) is 2.81. The molecule has 1 aliphatic rings. The van der Waals surface area contributed by atoms with Gasteiger partial charge in [0.1, 0.15) is 5.54 Å². The van der Waals surface area contributed by atoms with E-state index in [4.69, 9.17) is 4.74 Å². The highest BCUT2D eigenvalue weighted by Gasteiger charge is 2.47. The molecule has 120 valence electrons. The third-order valence-corrected chi connectivity index (χ3v) is 4.39. The number of hydrogen-bond acceptors (Lipinski definition) is 3. The van der Waals surface area contributed by atoms with Gasteiger partial charge < -0.3 is 15.0 Å². The minimum Gasteiger partial charge on any atom is -0.383 e. The summed E-state index contributed by atoms with van der Waals surface area (Å²) in [5.41, 5.74) is 1.42. The molecule has 2 amide bonds. The van der Waals surface area contributed by atoms with E-state index in [1.165, 1.54) is 0 Å². The van der Waals surface area contributed by atoms with Gasteiger partial charge in [-0.3, -0.25) is 9.59 Å². The van der Waals surface area contributed by atoms with Crippen LogP contribution in [-0.4, -0.2) is 42.5 Å². The molecule has 0 aromatic heterocycles. The topological polar surface area (TPSA) is 58.6 Å². The molecule has 0 saturated carbocycles. The zero-order valence-electron chi connectivity index (χ0n) is 13.5. The SMILES string of the molecule is COCCNC(=O)[C@]1(C)CCC(=O)N1Cc1ccccc1C. The number of nitrogens with one attached hydrogen (secondary N) is 1. The molecule has 1 aliphatic heterocycles. The maximum Gasteiger partial charge on any atom is 0.245 e. The minimum absolute atomic E-state index is 0.0349. The molecule has 0 unspecified atom stereocenters. The van der Waals surface area contributed by atoms with Crippen LogP contribution in [0, 0.1) is 6.92 Å². The van der Waals surface area contributed by atoms with Gasteiger partial charge in [0.25, 0.3) is 0 Å². The molecule has 1 heterocycles. The van der Waals surface area contributed by atoms with Crippen LogP contribution in [-0.2, 0) is 20.9 Å². The molecule has 1 aromatic carbocycles. The van der Waals surface area contributed by atoms with Gasteiger partial charge in [-0.05, 0) is 31.4 Å². The second-order valence-electron chi connectivity index (χ2n) is 5.93. The molecule has 1 atom stereocenters. The molecule has 0 aliphatic carbocycles. The Morgan fingerprint density at radius 2 is 2.14 bits per heavy atom. The van der Waals surface area contributed by atoms with Gasteiger partial charge in [-0.15, -0.1) is 0 Å². The number of aryl methyl sites for hydroxylation is 1. The second kappa shape index (κ2) is 6.92. The van der Waals surface area contributed by atoms with Gasteiger partial charge in [-0.2, -0.15) is 0 Å². The second-order valence-corrected chi connectivity index (χ2v) is 5.93. The maximum absolute atomic E-state index is 12.5. The summed E-state index contributed by atoms with van der Waals surface area (Å²) in [4.78, 5) is 26.5. The van der Waals surface area contributed by atoms with Crippen molar-refractivity contribution in [3.8, 4) is 0 Å². The van der Waals surface area contributed by atoms with Crippen LogP contribution in [0.25, 0.3) is 0 Å². The standard InChI is InChI=1S/C17H24N2O3/c1-13-6-4-5-7-14(13)12-19-15(20)8-9-17(19,2)16(21)18-10-11-22-3/h4-7H,8-12H2,1-3H3,(H,18,21)/t17-/m0/s1. The molecule has 1 saturated heterocycles. The van der Waals surface area contributed by atoms with Crippen LogP contribution in [0.5, 0.6) is 0 Å². The zero-order chi connectivity index (χ0) is 16.2. The highest BCUT2D eigenvalue weighted by molar-refractivity contribution is 5.94. The van der Waals surface area contributed by atoms with E-state index in [2.05, 4.69) is 5.32 Å². The Labute approximate surface area is 131 Å². The van der Waals surface area contributed by atoms with Crippen molar-refractivity contribution in [2.45, 2.75) is 38.8 Å². The summed E-state index contributed by atoms with van der Waals surface area (Å²) < 4.78 is 4.95. The van der Waals surface area contributed by atoms with E-state index < -0.39 is 5.54 Å². The van der Waals surface area contributed by atoms with E-state index in [1.807, 2.05) is 38.1 Å². The lowest BCUT2D eigenvalue weighted by Crippen LogP contribution is -2.54. The van der Waals surface area contributed by atoms with Gasteiger partial charge in [0.05, 0.1) is 6.61 Å². The Hall–Kier alpha value is -1.88. The fourth-order valence-electron chi connectivity index (χ4n) is 2.81. The molecular formula is C17H24N2O3. The number of rotatable bonds is 6. The molecule has 2 rings (SSSR count). The lowest BCUT2D eigenvalue weighted by atomic mass is 9.96. The van der Waals surface area contributed by atoms with Crippen molar-refractivity contribution in [1.82, 2.24) is 10.2 Å². The van der Waals surface area contributed by atoms with E-state index in [0.717, 1.165) is 11.1 Å². The number of carbonyl (C=O) groups excluding carboxylic acids is 2. The summed E-state index contributed by atoms with van der Waals surface area (Å²) in [6.45, 7) is 5.26. The fraction of sp³-hybridized carbons (Fsp3) is 0.529. The summed E-state index contributed by atoms with van der Waals surface area (Å²) in [7, 11) is 1.59. The highest BCUT2D eigenvalue weighted by Crippen LogP contribution is 2.32. The summed E-state index contributed by atoms with van der Waals surface area (Å²) in [6.07, 6.45) is 0.969. The van der Waals surface area contributed by atoms with Gasteiger partial charge in [-0.25, -0.2) is 0 Å². The van der Waals surface area contributed by atoms with E-state index in [9.17, 15) is 9.59 Å². The summed E-state index contributed by atoms with van der Waals surface area (Å²) >= 11 is 0. The number of nitrogens with zero attached hydrogens (tertiary/aromatic N) is 1. The summed E-state index contributed by atoms with van der Waals surface area (Å²) in [5, 5.41) is 2.86. The van der Waals surface area contributed by atoms with Gasteiger partial charge in [-0.1, -0.05) is 24.3 Å². The van der Waals surface area contributed by atoms with Gasteiger partial charge in [0.2, 0.25) is 11.8 Å². The summed E-state index contributed by atoms with van der Waals surface area (Å²) in [5.74, 6) is -0.0726. The van der Waals surface area contributed by atoms with Crippen molar-refractivity contribution in [3.05, 3.63) is 35.4 Å². The molecule has 1 N–H and O–H groups in total. The number of likely N-dealkylation sites (tertiary alicyclic amines) is 1. The first kappa shape index (κ1) is 16.5. The number of benzene rings is 1. The van der Waals surface area contributed by atoms with Crippen LogP contribution in [0.1, 0.15) is 30.9 Å². The normalized spacial score (nSPS) is 21.2. The molecular weight excluding hydrogens is 280 g/mol. The third-order valence-electron chi connectivity index (χ3n) is 4.39. The Morgan fingerprint density at radius 1 is 1.41 bits per heavy atom. The third kappa shape index (κ3) is 3.30. The molecule has 22 heavy (non-hydrogen) atoms. The van der Waals surface area contributed by atoms with Crippen molar-refractivity contribution >= 4 is 11.8 Å². The zero-order valence-corrected chi connectivity index (χ0v) is 13.5. The van der Waals surface area contributed by atoms with Gasteiger partial charge in [0, 0.05) is 26.6 Å². The maximum atomic E-state index is 12.5. The number of ether oxygens (including phenoxy) is 1. The summed E-state index contributed by atoms with van der Waals surface area (Å²) in [6, 6.07) is 7.95. The van der Waals surface area contributed by atoms with Crippen LogP contribution in [0.2, 0.25) is 0 Å². The number of carbonyl (C=O) groups is 2. The monoisotopic (exact) mass is 304 g/mol. The number of methoxy groups -OCH3 is 1. The average Bonchev–Trinajstić information content (AvgIpc) is 2.79. The Bertz CT molecular complexity index is 559. The van der Waals surface area contributed by atoms with Crippen molar-refractivity contribution in [2.75, 3.05) is 20.3 Å². The van der Waals surface area contributed by atoms with Crippen molar-refractivity contribution in [3.63, 3.8) is 0 Å². The first-order chi connectivity index (χ1) is 10.5. The molecule has 0 radical (unpaired) electrons. The Kier molecular flexibility index (Phi) is 5.19. The first-order valence-corrected chi connectivity index (χ1v) is 7.61. The van der Waals surface area contributed by atoms with E-state index >= 15 is 0 Å². The van der Waals surface area contributed by atoms with Gasteiger partial charge >= 0.3 is 0 Å². The number of hydrogen-bond donors (Lipinski definition) is 1. The molecule has 0 bridgehead atoms. The predicted octanol–water partition coefficient (Wildman–Crippen LogP) is 1.64. The lowest BCUT2D eigenvalue weighted by molar-refractivity contribution is -0.141.